The summed E-state index contributed by atoms with van der Waals surface area (Å²) in [6.45, 7) is 7.16. The summed E-state index contributed by atoms with van der Waals surface area (Å²) in [4.78, 5) is 12.1. The van der Waals surface area contributed by atoms with Gasteiger partial charge in [0.25, 0.3) is 0 Å². The highest BCUT2D eigenvalue weighted by atomic mass is 28.3. The molecule has 2 rings (SSSR count). The summed E-state index contributed by atoms with van der Waals surface area (Å²) >= 11 is 0. The third-order valence-corrected chi connectivity index (χ3v) is 5.81. The van der Waals surface area contributed by atoms with Crippen molar-refractivity contribution >= 4 is 19.9 Å². The molecular formula is C17H27NO3Si. The van der Waals surface area contributed by atoms with Crippen molar-refractivity contribution in [2.24, 2.45) is 0 Å². The number of carbonyl (C=O) groups excluding carboxylic acids is 1. The van der Waals surface area contributed by atoms with Crippen LogP contribution in [0.15, 0.2) is 12.1 Å². The fraction of sp³-hybridized carbons (Fsp3) is 0.588. The van der Waals surface area contributed by atoms with Crippen molar-refractivity contribution in [3.05, 3.63) is 28.8 Å². The molecule has 0 heterocycles. The lowest BCUT2D eigenvalue weighted by atomic mass is 9.88. The first-order chi connectivity index (χ1) is 10.4. The minimum absolute atomic E-state index is 0.0716. The van der Waals surface area contributed by atoms with Crippen molar-refractivity contribution < 1.29 is 14.6 Å². The fourth-order valence-corrected chi connectivity index (χ4v) is 3.47. The van der Waals surface area contributed by atoms with Gasteiger partial charge in [0.05, 0.1) is 18.9 Å². The zero-order valence-corrected chi connectivity index (χ0v) is 14.9. The van der Waals surface area contributed by atoms with Crippen LogP contribution in [0.1, 0.15) is 29.5 Å². The van der Waals surface area contributed by atoms with Gasteiger partial charge in [0.2, 0.25) is 0 Å². The van der Waals surface area contributed by atoms with E-state index in [0.29, 0.717) is 6.61 Å². The molecule has 1 amide bonds. The van der Waals surface area contributed by atoms with Crippen LogP contribution in [-0.4, -0.2) is 25.9 Å². The van der Waals surface area contributed by atoms with Gasteiger partial charge < -0.3 is 9.84 Å². The van der Waals surface area contributed by atoms with Crippen LogP contribution in [0.5, 0.6) is 0 Å². The molecule has 5 heteroatoms. The van der Waals surface area contributed by atoms with Gasteiger partial charge in [-0.3, -0.25) is 5.32 Å². The van der Waals surface area contributed by atoms with E-state index in [1.54, 1.807) is 0 Å². The molecule has 122 valence electrons. The number of fused-ring (bicyclic) bond motifs is 1. The van der Waals surface area contributed by atoms with Crippen LogP contribution in [0.4, 0.5) is 10.5 Å². The topological polar surface area (TPSA) is 58.6 Å². The zero-order valence-electron chi connectivity index (χ0n) is 13.9. The van der Waals surface area contributed by atoms with E-state index < -0.39 is 14.2 Å². The Morgan fingerprint density at radius 2 is 2.00 bits per heavy atom. The van der Waals surface area contributed by atoms with Crippen LogP contribution in [-0.2, 0) is 24.2 Å². The summed E-state index contributed by atoms with van der Waals surface area (Å²) in [6, 6.07) is 4.93. The molecule has 0 bridgehead atoms. The lowest BCUT2D eigenvalue weighted by Crippen LogP contribution is -2.24. The normalized spacial score (nSPS) is 14.4. The molecule has 1 aliphatic carbocycles. The average molecular weight is 321 g/mol. The molecule has 1 aromatic rings. The first-order valence-electron chi connectivity index (χ1n) is 8.09. The van der Waals surface area contributed by atoms with Crippen LogP contribution < -0.4 is 5.32 Å². The molecule has 0 aliphatic heterocycles. The third-order valence-electron chi connectivity index (χ3n) is 4.10. The summed E-state index contributed by atoms with van der Waals surface area (Å²) in [6.07, 6.45) is 3.90. The van der Waals surface area contributed by atoms with Crippen molar-refractivity contribution in [1.82, 2.24) is 0 Å². The van der Waals surface area contributed by atoms with Gasteiger partial charge in [-0.25, -0.2) is 4.79 Å². The highest BCUT2D eigenvalue weighted by Crippen LogP contribution is 2.31. The van der Waals surface area contributed by atoms with E-state index in [-0.39, 0.29) is 6.61 Å². The van der Waals surface area contributed by atoms with Gasteiger partial charge in [-0.15, -0.1) is 0 Å². The molecule has 1 aliphatic rings. The predicted molar refractivity (Wildman–Crippen MR) is 92.1 cm³/mol. The maximum Gasteiger partial charge on any atom is 0.411 e. The van der Waals surface area contributed by atoms with Gasteiger partial charge in [0.15, 0.2) is 0 Å². The Morgan fingerprint density at radius 3 is 2.68 bits per heavy atom. The standard InChI is InChI=1S/C17H27NO3Si/c1-22(2,3)11-10-21-17(20)18-16-14(12-19)9-8-13-6-4-5-7-15(13)16/h8-9,19H,4-7,10-12H2,1-3H3,(H,18,20). The zero-order chi connectivity index (χ0) is 16.2. The molecule has 4 nitrogen and oxygen atoms in total. The Balaban J connectivity index is 2.06. The number of ether oxygens (including phenoxy) is 1. The van der Waals surface area contributed by atoms with E-state index >= 15 is 0 Å². The summed E-state index contributed by atoms with van der Waals surface area (Å²) in [5.41, 5.74) is 3.97. The lowest BCUT2D eigenvalue weighted by molar-refractivity contribution is 0.167. The molecule has 0 unspecified atom stereocenters. The highest BCUT2D eigenvalue weighted by molar-refractivity contribution is 6.76. The quantitative estimate of drug-likeness (QED) is 0.808. The van der Waals surface area contributed by atoms with Crippen LogP contribution in [0.25, 0.3) is 0 Å². The molecule has 0 saturated carbocycles. The van der Waals surface area contributed by atoms with Crippen LogP contribution in [0, 0.1) is 0 Å². The van der Waals surface area contributed by atoms with Crippen molar-refractivity contribution in [3.63, 3.8) is 0 Å². The smallest absolute Gasteiger partial charge is 0.411 e. The minimum Gasteiger partial charge on any atom is -0.450 e. The summed E-state index contributed by atoms with van der Waals surface area (Å²) in [5, 5.41) is 12.4. The molecule has 0 radical (unpaired) electrons. The third kappa shape index (κ3) is 4.58. The van der Waals surface area contributed by atoms with Gasteiger partial charge in [-0.2, -0.15) is 0 Å². The van der Waals surface area contributed by atoms with Crippen LogP contribution in [0.2, 0.25) is 25.7 Å². The van der Waals surface area contributed by atoms with E-state index in [9.17, 15) is 9.90 Å². The number of benzene rings is 1. The molecular weight excluding hydrogens is 294 g/mol. The second kappa shape index (κ2) is 7.29. The second-order valence-electron chi connectivity index (χ2n) is 7.17. The lowest BCUT2D eigenvalue weighted by Gasteiger charge is -2.22. The first-order valence-corrected chi connectivity index (χ1v) is 11.8. The maximum atomic E-state index is 12.1. The Hall–Kier alpha value is -1.33. The summed E-state index contributed by atoms with van der Waals surface area (Å²) in [5.74, 6) is 0. The molecule has 0 atom stereocenters. The predicted octanol–water partition coefficient (Wildman–Crippen LogP) is 3.94. The average Bonchev–Trinajstić information content (AvgIpc) is 2.46. The molecule has 0 saturated heterocycles. The Kier molecular flexibility index (Phi) is 5.64. The Labute approximate surface area is 133 Å². The van der Waals surface area contributed by atoms with E-state index in [0.717, 1.165) is 36.6 Å². The van der Waals surface area contributed by atoms with Crippen molar-refractivity contribution in [1.29, 1.82) is 0 Å². The number of nitrogens with one attached hydrogen (secondary N) is 1. The molecule has 2 N–H and O–H groups in total. The van der Waals surface area contributed by atoms with E-state index in [4.69, 9.17) is 4.74 Å². The monoisotopic (exact) mass is 321 g/mol. The van der Waals surface area contributed by atoms with Crippen molar-refractivity contribution in [3.8, 4) is 0 Å². The number of aliphatic hydroxyl groups excluding tert-OH is 1. The van der Waals surface area contributed by atoms with Gasteiger partial charge in [0, 0.05) is 13.6 Å². The van der Waals surface area contributed by atoms with Gasteiger partial charge in [0.1, 0.15) is 0 Å². The number of rotatable bonds is 5. The Morgan fingerprint density at radius 1 is 1.27 bits per heavy atom. The van der Waals surface area contributed by atoms with Gasteiger partial charge in [-0.1, -0.05) is 31.8 Å². The summed E-state index contributed by atoms with van der Waals surface area (Å²) < 4.78 is 5.32. The minimum atomic E-state index is -1.20. The number of hydrogen-bond acceptors (Lipinski definition) is 3. The Bertz CT molecular complexity index is 537. The largest absolute Gasteiger partial charge is 0.450 e. The number of carbonyl (C=O) groups is 1. The first kappa shape index (κ1) is 17.0. The number of aryl methyl sites for hydroxylation is 1. The molecule has 1 aromatic carbocycles. The van der Waals surface area contributed by atoms with Crippen LogP contribution in [0.3, 0.4) is 0 Å². The molecule has 0 fully saturated rings. The number of aliphatic hydroxyl groups is 1. The number of anilines is 1. The molecule has 0 spiro atoms. The van der Waals surface area contributed by atoms with E-state index in [1.165, 1.54) is 17.5 Å². The van der Waals surface area contributed by atoms with Crippen molar-refractivity contribution in [2.75, 3.05) is 11.9 Å². The maximum absolute atomic E-state index is 12.1. The van der Waals surface area contributed by atoms with Crippen LogP contribution >= 0.6 is 0 Å². The highest BCUT2D eigenvalue weighted by Gasteiger charge is 2.19. The second-order valence-corrected chi connectivity index (χ2v) is 12.8. The van der Waals surface area contributed by atoms with Crippen molar-refractivity contribution in [2.45, 2.75) is 58.0 Å². The van der Waals surface area contributed by atoms with E-state index in [2.05, 4.69) is 31.0 Å². The van der Waals surface area contributed by atoms with Gasteiger partial charge in [-0.05, 0) is 42.9 Å². The molecule has 0 aromatic heterocycles. The SMILES string of the molecule is C[Si](C)(C)CCOC(=O)Nc1c(CO)ccc2c1CCCC2. The van der Waals surface area contributed by atoms with E-state index in [1.807, 2.05) is 6.07 Å². The number of hydrogen-bond donors (Lipinski definition) is 2. The fourth-order valence-electron chi connectivity index (χ4n) is 2.75. The van der Waals surface area contributed by atoms with Gasteiger partial charge >= 0.3 is 6.09 Å². The number of amides is 1. The summed E-state index contributed by atoms with van der Waals surface area (Å²) in [7, 11) is -1.20. The molecule has 22 heavy (non-hydrogen) atoms.